The molecule has 0 saturated heterocycles. The maximum atomic E-state index is 4.86. The van der Waals surface area contributed by atoms with Gasteiger partial charge in [-0.3, -0.25) is 0 Å². The molecule has 3 heteroatoms. The van der Waals surface area contributed by atoms with Crippen molar-refractivity contribution in [2.24, 2.45) is 17.8 Å². The van der Waals surface area contributed by atoms with Crippen LogP contribution in [0.2, 0.25) is 0 Å². The lowest BCUT2D eigenvalue weighted by Crippen LogP contribution is -2.50. The summed E-state index contributed by atoms with van der Waals surface area (Å²) >= 11 is 0. The quantitative estimate of drug-likeness (QED) is 0.792. The van der Waals surface area contributed by atoms with Gasteiger partial charge in [-0.05, 0) is 68.3 Å². The predicted octanol–water partition coefficient (Wildman–Crippen LogP) is 4.65. The van der Waals surface area contributed by atoms with Crippen LogP contribution in [0.25, 0.3) is 0 Å². The zero-order valence-electron chi connectivity index (χ0n) is 15.8. The van der Waals surface area contributed by atoms with E-state index < -0.39 is 0 Å². The highest BCUT2D eigenvalue weighted by molar-refractivity contribution is 5.28. The molecule has 2 aromatic rings. The zero-order chi connectivity index (χ0) is 17.4. The molecule has 1 aromatic carbocycles. The fourth-order valence-electron chi connectivity index (χ4n) is 7.36. The Hall–Kier alpha value is -1.64. The zero-order valence-corrected chi connectivity index (χ0v) is 15.8. The maximum absolute atomic E-state index is 4.86. The average molecular weight is 348 g/mol. The summed E-state index contributed by atoms with van der Waals surface area (Å²) in [6.07, 6.45) is 10.8. The van der Waals surface area contributed by atoms with Crippen molar-refractivity contribution in [2.45, 2.75) is 75.7 Å². The number of aromatic nitrogens is 3. The molecule has 0 spiro atoms. The Morgan fingerprint density at radius 1 is 0.923 bits per heavy atom. The van der Waals surface area contributed by atoms with E-state index in [-0.39, 0.29) is 5.41 Å². The first-order valence-electron chi connectivity index (χ1n) is 10.6. The normalized spacial score (nSPS) is 40.6. The third-order valence-corrected chi connectivity index (χ3v) is 8.22. The van der Waals surface area contributed by atoms with Crippen molar-refractivity contribution in [1.29, 1.82) is 0 Å². The van der Waals surface area contributed by atoms with Gasteiger partial charge in [0.25, 0.3) is 0 Å². The molecule has 26 heavy (non-hydrogen) atoms. The fourth-order valence-corrected chi connectivity index (χ4v) is 7.36. The van der Waals surface area contributed by atoms with Gasteiger partial charge in [0, 0.05) is 23.8 Å². The predicted molar refractivity (Wildman–Crippen MR) is 102 cm³/mol. The molecule has 4 bridgehead atoms. The minimum absolute atomic E-state index is 0.202. The van der Waals surface area contributed by atoms with Crippen LogP contribution in [0.4, 0.5) is 0 Å². The Kier molecular flexibility index (Phi) is 3.09. The van der Waals surface area contributed by atoms with Crippen LogP contribution in [0.1, 0.15) is 69.1 Å². The van der Waals surface area contributed by atoms with Gasteiger partial charge >= 0.3 is 0 Å². The number of aryl methyl sites for hydroxylation is 1. The van der Waals surface area contributed by atoms with Crippen LogP contribution < -0.4 is 0 Å². The monoisotopic (exact) mass is 347 g/mol. The lowest BCUT2D eigenvalue weighted by Gasteiger charge is -2.56. The van der Waals surface area contributed by atoms with Crippen molar-refractivity contribution < 1.29 is 0 Å². The lowest BCUT2D eigenvalue weighted by molar-refractivity contribution is -0.0119. The van der Waals surface area contributed by atoms with Gasteiger partial charge in [0.1, 0.15) is 11.6 Å². The SMILES string of the molecule is CC1(c2ccccc2)CCc2nnc(C34CC5CC(CC(C5)C3)C4)n2C1. The topological polar surface area (TPSA) is 30.7 Å². The number of hydrogen-bond acceptors (Lipinski definition) is 2. The highest BCUT2D eigenvalue weighted by atomic mass is 15.3. The van der Waals surface area contributed by atoms with Gasteiger partial charge < -0.3 is 4.57 Å². The minimum Gasteiger partial charge on any atom is -0.314 e. The highest BCUT2D eigenvalue weighted by Crippen LogP contribution is 2.60. The number of rotatable bonds is 2. The van der Waals surface area contributed by atoms with Crippen LogP contribution in [0.5, 0.6) is 0 Å². The minimum atomic E-state index is 0.202. The first-order valence-corrected chi connectivity index (χ1v) is 10.6. The summed E-state index contributed by atoms with van der Waals surface area (Å²) in [5, 5.41) is 9.55. The van der Waals surface area contributed by atoms with E-state index in [9.17, 15) is 0 Å². The lowest BCUT2D eigenvalue weighted by atomic mass is 9.49. The first kappa shape index (κ1) is 15.4. The molecular formula is C23H29N3. The van der Waals surface area contributed by atoms with E-state index in [1.54, 1.807) is 0 Å². The van der Waals surface area contributed by atoms with Crippen molar-refractivity contribution in [3.05, 3.63) is 47.5 Å². The van der Waals surface area contributed by atoms with E-state index in [0.29, 0.717) is 5.41 Å². The molecular weight excluding hydrogens is 318 g/mol. The second-order valence-corrected chi connectivity index (χ2v) is 10.2. The van der Waals surface area contributed by atoms with Gasteiger partial charge in [-0.15, -0.1) is 10.2 Å². The summed E-state index contributed by atoms with van der Waals surface area (Å²) in [6.45, 7) is 3.49. The molecule has 0 amide bonds. The van der Waals surface area contributed by atoms with E-state index >= 15 is 0 Å². The summed E-state index contributed by atoms with van der Waals surface area (Å²) in [5.41, 5.74) is 2.01. The molecule has 1 aromatic heterocycles. The number of fused-ring (bicyclic) bond motifs is 1. The summed E-state index contributed by atoms with van der Waals surface area (Å²) < 4.78 is 2.56. The molecule has 4 fully saturated rings. The van der Waals surface area contributed by atoms with E-state index in [2.05, 4.69) is 46.9 Å². The fraction of sp³-hybridized carbons (Fsp3) is 0.652. The molecule has 7 rings (SSSR count). The van der Waals surface area contributed by atoms with Crippen LogP contribution in [0.3, 0.4) is 0 Å². The Labute approximate surface area is 156 Å². The van der Waals surface area contributed by atoms with Gasteiger partial charge in [0.2, 0.25) is 0 Å². The molecule has 1 unspecified atom stereocenters. The Bertz CT molecular complexity index is 801. The van der Waals surface area contributed by atoms with Crippen LogP contribution in [0.15, 0.2) is 30.3 Å². The molecule has 1 atom stereocenters. The smallest absolute Gasteiger partial charge is 0.139 e. The molecule has 2 heterocycles. The standard InChI is InChI=1S/C23H29N3/c1-22(19-5-3-2-4-6-19)8-7-20-24-25-21(26(20)15-22)23-12-16-9-17(13-23)11-18(10-16)14-23/h2-6,16-18H,7-15H2,1H3. The summed E-state index contributed by atoms with van der Waals surface area (Å²) in [4.78, 5) is 0. The average Bonchev–Trinajstić information content (AvgIpc) is 3.05. The van der Waals surface area contributed by atoms with E-state index in [1.807, 2.05) is 0 Å². The second-order valence-electron chi connectivity index (χ2n) is 10.2. The molecule has 3 nitrogen and oxygen atoms in total. The van der Waals surface area contributed by atoms with Crippen molar-refractivity contribution in [3.63, 3.8) is 0 Å². The number of nitrogens with zero attached hydrogens (tertiary/aromatic N) is 3. The van der Waals surface area contributed by atoms with Gasteiger partial charge in [-0.1, -0.05) is 37.3 Å². The van der Waals surface area contributed by atoms with E-state index in [0.717, 1.165) is 30.7 Å². The van der Waals surface area contributed by atoms with E-state index in [4.69, 9.17) is 5.10 Å². The first-order chi connectivity index (χ1) is 12.6. The summed E-state index contributed by atoms with van der Waals surface area (Å²) in [7, 11) is 0. The van der Waals surface area contributed by atoms with Crippen molar-refractivity contribution in [2.75, 3.05) is 0 Å². The van der Waals surface area contributed by atoms with Crippen molar-refractivity contribution in [3.8, 4) is 0 Å². The molecule has 4 aliphatic carbocycles. The summed E-state index contributed by atoms with van der Waals surface area (Å²) in [6, 6.07) is 11.1. The third kappa shape index (κ3) is 2.12. The molecule has 136 valence electrons. The van der Waals surface area contributed by atoms with Crippen molar-refractivity contribution in [1.82, 2.24) is 14.8 Å². The number of hydrogen-bond donors (Lipinski definition) is 0. The van der Waals surface area contributed by atoms with Crippen LogP contribution in [0, 0.1) is 17.8 Å². The van der Waals surface area contributed by atoms with Crippen molar-refractivity contribution >= 4 is 0 Å². The summed E-state index contributed by atoms with van der Waals surface area (Å²) in [5.74, 6) is 5.47. The number of benzene rings is 1. The largest absolute Gasteiger partial charge is 0.314 e. The van der Waals surface area contributed by atoms with Gasteiger partial charge in [0.05, 0.1) is 0 Å². The van der Waals surface area contributed by atoms with E-state index in [1.165, 1.54) is 62.2 Å². The highest BCUT2D eigenvalue weighted by Gasteiger charge is 2.54. The molecule has 0 N–H and O–H groups in total. The van der Waals surface area contributed by atoms with Crippen LogP contribution in [-0.2, 0) is 23.8 Å². The van der Waals surface area contributed by atoms with Crippen LogP contribution in [-0.4, -0.2) is 14.8 Å². The Balaban J connectivity index is 1.40. The molecule has 1 aliphatic heterocycles. The van der Waals surface area contributed by atoms with Gasteiger partial charge in [-0.25, -0.2) is 0 Å². The third-order valence-electron chi connectivity index (χ3n) is 8.22. The molecule has 0 radical (unpaired) electrons. The maximum Gasteiger partial charge on any atom is 0.139 e. The second kappa shape index (κ2) is 5.21. The van der Waals surface area contributed by atoms with Gasteiger partial charge in [-0.2, -0.15) is 0 Å². The molecule has 5 aliphatic rings. The van der Waals surface area contributed by atoms with Crippen LogP contribution >= 0.6 is 0 Å². The van der Waals surface area contributed by atoms with Gasteiger partial charge in [0.15, 0.2) is 0 Å². The molecule has 4 saturated carbocycles. The Morgan fingerprint density at radius 2 is 1.58 bits per heavy atom. The Morgan fingerprint density at radius 3 is 2.23 bits per heavy atom.